The van der Waals surface area contributed by atoms with Crippen LogP contribution in [-0.4, -0.2) is 41.0 Å². The molecule has 1 aliphatic heterocycles. The number of anilines is 2. The molecule has 0 radical (unpaired) electrons. The topological polar surface area (TPSA) is 61.2 Å². The summed E-state index contributed by atoms with van der Waals surface area (Å²) in [5.41, 5.74) is 14.6. The number of nitrogens with two attached hydrogens (primary N) is 1. The Balaban J connectivity index is 1.24. The van der Waals surface area contributed by atoms with Gasteiger partial charge in [0.2, 0.25) is 0 Å². The number of aromatic nitrogens is 2. The average Bonchev–Trinajstić information content (AvgIpc) is 3.19. The molecule has 0 unspecified atom stereocenters. The Morgan fingerprint density at radius 2 is 1.62 bits per heavy atom. The first-order valence-electron chi connectivity index (χ1n) is 11.2. The van der Waals surface area contributed by atoms with Gasteiger partial charge in [0.05, 0.1) is 11.4 Å². The molecule has 1 saturated heterocycles. The number of piperazine rings is 1. The standard InChI is InChI=1S/C27H29N5/c1-20-25(28)18-27(30-20)23-11-12-29-26(17-23)22-7-9-24(10-8-22)32-15-13-31(14-16-32)19-21-5-3-2-4-6-21/h2-12,17-18,30H,13-16,19,28H2,1H3. The molecule has 162 valence electrons. The third-order valence-corrected chi connectivity index (χ3v) is 6.28. The van der Waals surface area contributed by atoms with Gasteiger partial charge in [-0.1, -0.05) is 42.5 Å². The van der Waals surface area contributed by atoms with Crippen LogP contribution in [0.4, 0.5) is 11.4 Å². The van der Waals surface area contributed by atoms with Crippen LogP contribution in [0.25, 0.3) is 22.5 Å². The number of hydrogen-bond acceptors (Lipinski definition) is 4. The predicted molar refractivity (Wildman–Crippen MR) is 133 cm³/mol. The second kappa shape index (κ2) is 8.89. The number of benzene rings is 2. The maximum Gasteiger partial charge on any atom is 0.0708 e. The molecule has 0 aliphatic carbocycles. The fraction of sp³-hybridized carbons (Fsp3) is 0.222. The van der Waals surface area contributed by atoms with E-state index in [1.54, 1.807) is 0 Å². The molecule has 2 aromatic carbocycles. The first kappa shape index (κ1) is 20.3. The molecule has 1 fully saturated rings. The van der Waals surface area contributed by atoms with Crippen molar-refractivity contribution < 1.29 is 0 Å². The van der Waals surface area contributed by atoms with E-state index in [0.717, 1.165) is 66.6 Å². The number of nitrogens with one attached hydrogen (secondary N) is 1. The van der Waals surface area contributed by atoms with E-state index in [1.807, 2.05) is 25.3 Å². The summed E-state index contributed by atoms with van der Waals surface area (Å²) in [6.45, 7) is 7.28. The summed E-state index contributed by atoms with van der Waals surface area (Å²) in [7, 11) is 0. The average molecular weight is 424 g/mol. The van der Waals surface area contributed by atoms with Crippen molar-refractivity contribution in [3.63, 3.8) is 0 Å². The maximum atomic E-state index is 6.01. The first-order chi connectivity index (χ1) is 15.7. The summed E-state index contributed by atoms with van der Waals surface area (Å²) in [6.07, 6.45) is 1.86. The van der Waals surface area contributed by atoms with E-state index in [1.165, 1.54) is 11.3 Å². The number of pyridine rings is 1. The molecule has 4 aromatic rings. The second-order valence-electron chi connectivity index (χ2n) is 8.49. The number of nitrogen functional groups attached to an aromatic ring is 1. The summed E-state index contributed by atoms with van der Waals surface area (Å²) >= 11 is 0. The molecule has 0 spiro atoms. The summed E-state index contributed by atoms with van der Waals surface area (Å²) < 4.78 is 0. The van der Waals surface area contributed by atoms with Gasteiger partial charge in [0, 0.05) is 67.1 Å². The molecule has 2 aromatic heterocycles. The van der Waals surface area contributed by atoms with Crippen LogP contribution in [0.2, 0.25) is 0 Å². The molecule has 3 N–H and O–H groups in total. The third kappa shape index (κ3) is 4.39. The molecule has 32 heavy (non-hydrogen) atoms. The number of aromatic amines is 1. The fourth-order valence-corrected chi connectivity index (χ4v) is 4.33. The van der Waals surface area contributed by atoms with E-state index >= 15 is 0 Å². The van der Waals surface area contributed by atoms with Gasteiger partial charge in [0.1, 0.15) is 0 Å². The van der Waals surface area contributed by atoms with Crippen molar-refractivity contribution in [2.45, 2.75) is 13.5 Å². The Hall–Kier alpha value is -3.57. The lowest BCUT2D eigenvalue weighted by Crippen LogP contribution is -2.45. The smallest absolute Gasteiger partial charge is 0.0708 e. The highest BCUT2D eigenvalue weighted by atomic mass is 15.3. The lowest BCUT2D eigenvalue weighted by molar-refractivity contribution is 0.250. The van der Waals surface area contributed by atoms with Crippen LogP contribution < -0.4 is 10.6 Å². The molecule has 0 amide bonds. The third-order valence-electron chi connectivity index (χ3n) is 6.28. The lowest BCUT2D eigenvalue weighted by atomic mass is 10.1. The minimum absolute atomic E-state index is 0.784. The van der Waals surface area contributed by atoms with Crippen LogP contribution in [0.1, 0.15) is 11.3 Å². The van der Waals surface area contributed by atoms with E-state index < -0.39 is 0 Å². The summed E-state index contributed by atoms with van der Waals surface area (Å²) in [4.78, 5) is 12.9. The van der Waals surface area contributed by atoms with Gasteiger partial charge in [0.25, 0.3) is 0 Å². The quantitative estimate of drug-likeness (QED) is 0.476. The van der Waals surface area contributed by atoms with Crippen molar-refractivity contribution >= 4 is 11.4 Å². The summed E-state index contributed by atoms with van der Waals surface area (Å²) in [5.74, 6) is 0. The zero-order valence-electron chi connectivity index (χ0n) is 18.5. The Morgan fingerprint density at radius 3 is 2.31 bits per heavy atom. The largest absolute Gasteiger partial charge is 0.397 e. The van der Waals surface area contributed by atoms with Gasteiger partial charge in [-0.25, -0.2) is 0 Å². The maximum absolute atomic E-state index is 6.01. The number of rotatable bonds is 5. The molecule has 0 atom stereocenters. The van der Waals surface area contributed by atoms with Crippen molar-refractivity contribution in [1.29, 1.82) is 0 Å². The highest BCUT2D eigenvalue weighted by Gasteiger charge is 2.17. The van der Waals surface area contributed by atoms with E-state index in [2.05, 4.69) is 80.4 Å². The first-order valence-corrected chi connectivity index (χ1v) is 11.2. The Bertz CT molecular complexity index is 1150. The normalized spacial score (nSPS) is 14.6. The number of H-pyrrole nitrogens is 1. The molecule has 5 heteroatoms. The Morgan fingerprint density at radius 1 is 0.875 bits per heavy atom. The molecule has 0 bridgehead atoms. The predicted octanol–water partition coefficient (Wildman–Crippen LogP) is 4.96. The minimum Gasteiger partial charge on any atom is -0.397 e. The molecule has 5 nitrogen and oxygen atoms in total. The zero-order chi connectivity index (χ0) is 21.9. The number of nitrogens with zero attached hydrogens (tertiary/aromatic N) is 3. The van der Waals surface area contributed by atoms with E-state index in [-0.39, 0.29) is 0 Å². The summed E-state index contributed by atoms with van der Waals surface area (Å²) in [6, 6.07) is 25.6. The van der Waals surface area contributed by atoms with Crippen LogP contribution in [0.15, 0.2) is 79.0 Å². The van der Waals surface area contributed by atoms with Crippen molar-refractivity contribution in [2.24, 2.45) is 0 Å². The lowest BCUT2D eigenvalue weighted by Gasteiger charge is -2.36. The van der Waals surface area contributed by atoms with Gasteiger partial charge < -0.3 is 15.6 Å². The van der Waals surface area contributed by atoms with Gasteiger partial charge in [-0.15, -0.1) is 0 Å². The summed E-state index contributed by atoms with van der Waals surface area (Å²) in [5, 5.41) is 0. The number of hydrogen-bond donors (Lipinski definition) is 2. The van der Waals surface area contributed by atoms with Crippen LogP contribution in [0.3, 0.4) is 0 Å². The van der Waals surface area contributed by atoms with Crippen molar-refractivity contribution in [3.8, 4) is 22.5 Å². The molecular weight excluding hydrogens is 394 g/mol. The van der Waals surface area contributed by atoms with Crippen LogP contribution in [0.5, 0.6) is 0 Å². The zero-order valence-corrected chi connectivity index (χ0v) is 18.5. The SMILES string of the molecule is Cc1[nH]c(-c2ccnc(-c3ccc(N4CCN(Cc5ccccc5)CC4)cc3)c2)cc1N. The van der Waals surface area contributed by atoms with Crippen molar-refractivity contribution in [2.75, 3.05) is 36.8 Å². The van der Waals surface area contributed by atoms with Gasteiger partial charge in [-0.2, -0.15) is 0 Å². The molecule has 1 aliphatic rings. The Labute approximate surface area is 189 Å². The van der Waals surface area contributed by atoms with Gasteiger partial charge in [0.15, 0.2) is 0 Å². The van der Waals surface area contributed by atoms with Gasteiger partial charge in [-0.3, -0.25) is 9.88 Å². The van der Waals surface area contributed by atoms with Crippen LogP contribution in [0, 0.1) is 6.92 Å². The molecule has 3 heterocycles. The van der Waals surface area contributed by atoms with Crippen molar-refractivity contribution in [1.82, 2.24) is 14.9 Å². The molecular formula is C27H29N5. The van der Waals surface area contributed by atoms with Crippen LogP contribution >= 0.6 is 0 Å². The monoisotopic (exact) mass is 423 g/mol. The van der Waals surface area contributed by atoms with Gasteiger partial charge in [-0.05, 0) is 42.8 Å². The van der Waals surface area contributed by atoms with Gasteiger partial charge >= 0.3 is 0 Å². The highest BCUT2D eigenvalue weighted by Crippen LogP contribution is 2.28. The van der Waals surface area contributed by atoms with E-state index in [9.17, 15) is 0 Å². The van der Waals surface area contributed by atoms with E-state index in [4.69, 9.17) is 5.73 Å². The molecule has 5 rings (SSSR count). The minimum atomic E-state index is 0.784. The second-order valence-corrected chi connectivity index (χ2v) is 8.49. The van der Waals surface area contributed by atoms with Crippen molar-refractivity contribution in [3.05, 3.63) is 90.3 Å². The van der Waals surface area contributed by atoms with E-state index in [0.29, 0.717) is 0 Å². The van der Waals surface area contributed by atoms with Crippen LogP contribution in [-0.2, 0) is 6.54 Å². The number of aryl methyl sites for hydroxylation is 1. The fourth-order valence-electron chi connectivity index (χ4n) is 4.33. The molecule has 0 saturated carbocycles. The Kier molecular flexibility index (Phi) is 5.65. The highest BCUT2D eigenvalue weighted by molar-refractivity contribution is 5.72.